The Morgan fingerprint density at radius 1 is 1.08 bits per heavy atom. The lowest BCUT2D eigenvalue weighted by Gasteiger charge is -2.09. The average molecular weight is 324 g/mol. The number of amides is 1. The van der Waals surface area contributed by atoms with E-state index < -0.39 is 0 Å². The Balaban J connectivity index is 1.67. The van der Waals surface area contributed by atoms with Crippen LogP contribution in [0.3, 0.4) is 0 Å². The van der Waals surface area contributed by atoms with Crippen LogP contribution in [0.15, 0.2) is 66.7 Å². The topological polar surface area (TPSA) is 50.4 Å². The molecule has 0 radical (unpaired) electrons. The first-order valence-electron chi connectivity index (χ1n) is 8.05. The highest BCUT2D eigenvalue weighted by molar-refractivity contribution is 5.92. The van der Waals surface area contributed by atoms with Crippen LogP contribution in [0.4, 0.5) is 5.69 Å². The molecule has 0 unspecified atom stereocenters. The maximum absolute atomic E-state index is 11.9. The third kappa shape index (κ3) is 6.67. The molecule has 0 bridgehead atoms. The quantitative estimate of drug-likeness (QED) is 0.549. The summed E-state index contributed by atoms with van der Waals surface area (Å²) in [7, 11) is 0. The van der Waals surface area contributed by atoms with Gasteiger partial charge in [0.15, 0.2) is 0 Å². The first kappa shape index (κ1) is 17.8. The molecular weight excluding hydrogens is 300 g/mol. The third-order valence-corrected chi connectivity index (χ3v) is 3.34. The van der Waals surface area contributed by atoms with Crippen molar-refractivity contribution in [2.24, 2.45) is 0 Å². The second-order valence-electron chi connectivity index (χ2n) is 5.73. The molecule has 0 aliphatic rings. The standard InChI is InChI=1S/C20H24N2O2/c1-16(2)15-24-19-10-8-18(9-11-19)22-20(23)14-21-13-12-17-6-4-3-5-7-17/h3-11,21H,1,12-15H2,2H3,(H,22,23). The van der Waals surface area contributed by atoms with Crippen molar-refractivity contribution in [3.05, 3.63) is 72.3 Å². The van der Waals surface area contributed by atoms with Crippen molar-refractivity contribution in [3.63, 3.8) is 0 Å². The van der Waals surface area contributed by atoms with Crippen molar-refractivity contribution in [3.8, 4) is 5.75 Å². The molecule has 4 heteroatoms. The first-order valence-corrected chi connectivity index (χ1v) is 8.05. The number of anilines is 1. The van der Waals surface area contributed by atoms with E-state index in [4.69, 9.17) is 4.74 Å². The fourth-order valence-corrected chi connectivity index (χ4v) is 2.13. The SMILES string of the molecule is C=C(C)COc1ccc(NC(=O)CNCCc2ccccc2)cc1. The summed E-state index contributed by atoms with van der Waals surface area (Å²) in [5.74, 6) is 0.704. The Morgan fingerprint density at radius 2 is 1.79 bits per heavy atom. The summed E-state index contributed by atoms with van der Waals surface area (Å²) in [4.78, 5) is 11.9. The van der Waals surface area contributed by atoms with E-state index >= 15 is 0 Å². The van der Waals surface area contributed by atoms with Gasteiger partial charge in [0.1, 0.15) is 12.4 Å². The van der Waals surface area contributed by atoms with Crippen LogP contribution in [-0.2, 0) is 11.2 Å². The maximum Gasteiger partial charge on any atom is 0.238 e. The normalized spacial score (nSPS) is 10.2. The van der Waals surface area contributed by atoms with Crippen LogP contribution in [0.5, 0.6) is 5.75 Å². The van der Waals surface area contributed by atoms with Gasteiger partial charge in [-0.2, -0.15) is 0 Å². The molecule has 0 saturated carbocycles. The fraction of sp³-hybridized carbons (Fsp3) is 0.250. The van der Waals surface area contributed by atoms with E-state index in [2.05, 4.69) is 29.3 Å². The van der Waals surface area contributed by atoms with E-state index in [1.807, 2.05) is 49.4 Å². The Bertz CT molecular complexity index is 651. The Hall–Kier alpha value is -2.59. The summed E-state index contributed by atoms with van der Waals surface area (Å²) in [6, 6.07) is 17.5. The van der Waals surface area contributed by atoms with Crippen LogP contribution in [0.25, 0.3) is 0 Å². The number of carbonyl (C=O) groups excluding carboxylic acids is 1. The molecule has 24 heavy (non-hydrogen) atoms. The van der Waals surface area contributed by atoms with Crippen LogP contribution in [0, 0.1) is 0 Å². The van der Waals surface area contributed by atoms with Crippen LogP contribution >= 0.6 is 0 Å². The van der Waals surface area contributed by atoms with Crippen molar-refractivity contribution >= 4 is 11.6 Å². The molecule has 1 amide bonds. The lowest BCUT2D eigenvalue weighted by atomic mass is 10.1. The summed E-state index contributed by atoms with van der Waals surface area (Å²) < 4.78 is 5.52. The maximum atomic E-state index is 11.9. The molecule has 4 nitrogen and oxygen atoms in total. The molecule has 0 fully saturated rings. The zero-order valence-corrected chi connectivity index (χ0v) is 14.0. The molecule has 126 valence electrons. The monoisotopic (exact) mass is 324 g/mol. The summed E-state index contributed by atoms with van der Waals surface area (Å²) >= 11 is 0. The molecule has 2 N–H and O–H groups in total. The van der Waals surface area contributed by atoms with Gasteiger partial charge in [0.2, 0.25) is 5.91 Å². The summed E-state index contributed by atoms with van der Waals surface area (Å²) in [5, 5.41) is 6.01. The predicted octanol–water partition coefficient (Wildman–Crippen LogP) is 3.41. The number of nitrogens with one attached hydrogen (secondary N) is 2. The van der Waals surface area contributed by atoms with Crippen molar-refractivity contribution in [2.45, 2.75) is 13.3 Å². The van der Waals surface area contributed by atoms with E-state index in [-0.39, 0.29) is 5.91 Å². The van der Waals surface area contributed by atoms with Gasteiger partial charge in [-0.3, -0.25) is 4.79 Å². The minimum atomic E-state index is -0.0568. The number of ether oxygens (including phenoxy) is 1. The Kier molecular flexibility index (Phi) is 7.05. The highest BCUT2D eigenvalue weighted by Gasteiger charge is 2.02. The highest BCUT2D eigenvalue weighted by atomic mass is 16.5. The summed E-state index contributed by atoms with van der Waals surface area (Å²) in [6.07, 6.45) is 0.906. The highest BCUT2D eigenvalue weighted by Crippen LogP contribution is 2.16. The van der Waals surface area contributed by atoms with Crippen LogP contribution in [0.2, 0.25) is 0 Å². The zero-order valence-electron chi connectivity index (χ0n) is 14.0. The smallest absolute Gasteiger partial charge is 0.238 e. The van der Waals surface area contributed by atoms with Gasteiger partial charge in [0.25, 0.3) is 0 Å². The molecule has 2 aromatic carbocycles. The van der Waals surface area contributed by atoms with Gasteiger partial charge in [0.05, 0.1) is 6.54 Å². The molecule has 0 aromatic heterocycles. The number of carbonyl (C=O) groups is 1. The number of rotatable bonds is 9. The van der Waals surface area contributed by atoms with Gasteiger partial charge in [-0.15, -0.1) is 0 Å². The summed E-state index contributed by atoms with van der Waals surface area (Å²) in [5.41, 5.74) is 2.98. The predicted molar refractivity (Wildman–Crippen MR) is 98.4 cm³/mol. The molecule has 2 rings (SSSR count). The van der Waals surface area contributed by atoms with Crippen LogP contribution in [0.1, 0.15) is 12.5 Å². The van der Waals surface area contributed by atoms with Crippen LogP contribution in [-0.4, -0.2) is 25.6 Å². The van der Waals surface area contributed by atoms with Gasteiger partial charge >= 0.3 is 0 Å². The van der Waals surface area contributed by atoms with Gasteiger partial charge in [-0.1, -0.05) is 36.9 Å². The molecule has 0 saturated heterocycles. The average Bonchev–Trinajstić information content (AvgIpc) is 2.59. The van der Waals surface area contributed by atoms with Crippen molar-refractivity contribution < 1.29 is 9.53 Å². The van der Waals surface area contributed by atoms with Gasteiger partial charge < -0.3 is 15.4 Å². The Morgan fingerprint density at radius 3 is 2.46 bits per heavy atom. The lowest BCUT2D eigenvalue weighted by molar-refractivity contribution is -0.115. The van der Waals surface area contributed by atoms with E-state index in [1.165, 1.54) is 5.56 Å². The minimum Gasteiger partial charge on any atom is -0.489 e. The largest absolute Gasteiger partial charge is 0.489 e. The zero-order chi connectivity index (χ0) is 17.2. The summed E-state index contributed by atoms with van der Waals surface area (Å²) in [6.45, 7) is 7.27. The molecule has 0 spiro atoms. The molecule has 0 heterocycles. The van der Waals surface area contributed by atoms with Crippen molar-refractivity contribution in [1.82, 2.24) is 5.32 Å². The number of hydrogen-bond donors (Lipinski definition) is 2. The second kappa shape index (κ2) is 9.53. The van der Waals surface area contributed by atoms with E-state index in [9.17, 15) is 4.79 Å². The molecule has 0 aliphatic heterocycles. The number of benzene rings is 2. The molecular formula is C20H24N2O2. The van der Waals surface area contributed by atoms with Crippen molar-refractivity contribution in [2.75, 3.05) is 25.0 Å². The van der Waals surface area contributed by atoms with E-state index in [0.717, 1.165) is 30.0 Å². The van der Waals surface area contributed by atoms with Gasteiger partial charge in [-0.25, -0.2) is 0 Å². The first-order chi connectivity index (χ1) is 11.6. The Labute approximate surface area is 143 Å². The van der Waals surface area contributed by atoms with Gasteiger partial charge in [-0.05, 0) is 55.3 Å². The number of hydrogen-bond acceptors (Lipinski definition) is 3. The minimum absolute atomic E-state index is 0.0568. The second-order valence-corrected chi connectivity index (χ2v) is 5.73. The van der Waals surface area contributed by atoms with Crippen molar-refractivity contribution in [1.29, 1.82) is 0 Å². The van der Waals surface area contributed by atoms with E-state index in [1.54, 1.807) is 0 Å². The molecule has 0 atom stereocenters. The third-order valence-electron chi connectivity index (χ3n) is 3.34. The van der Waals surface area contributed by atoms with Crippen LogP contribution < -0.4 is 15.4 Å². The molecule has 0 aliphatic carbocycles. The fourth-order valence-electron chi connectivity index (χ4n) is 2.13. The lowest BCUT2D eigenvalue weighted by Crippen LogP contribution is -2.29. The molecule has 2 aromatic rings. The van der Waals surface area contributed by atoms with Gasteiger partial charge in [0, 0.05) is 5.69 Å². The van der Waals surface area contributed by atoms with E-state index in [0.29, 0.717) is 13.2 Å².